The molecule has 0 aliphatic rings. The summed E-state index contributed by atoms with van der Waals surface area (Å²) >= 11 is 0. The second kappa shape index (κ2) is 10.8. The minimum Gasteiger partial charge on any atom is -0.344 e. The van der Waals surface area contributed by atoms with Crippen molar-refractivity contribution in [1.82, 2.24) is 45.2 Å². The van der Waals surface area contributed by atoms with E-state index in [4.69, 9.17) is 0 Å². The molecule has 198 valence electrons. The van der Waals surface area contributed by atoms with Crippen molar-refractivity contribution in [1.29, 1.82) is 0 Å². The molecule has 0 fully saturated rings. The van der Waals surface area contributed by atoms with Crippen LogP contribution < -0.4 is 10.6 Å². The number of pyridine rings is 2. The van der Waals surface area contributed by atoms with Gasteiger partial charge in [-0.15, -0.1) is 0 Å². The predicted molar refractivity (Wildman–Crippen MR) is 143 cm³/mol. The third kappa shape index (κ3) is 5.79. The first-order chi connectivity index (χ1) is 18.8. The topological polar surface area (TPSA) is 139 Å². The minimum absolute atomic E-state index is 0.266. The molecule has 5 heterocycles. The molecular weight excluding hydrogens is 499 g/mol. The van der Waals surface area contributed by atoms with Crippen LogP contribution in [0, 0.1) is 26.6 Å². The van der Waals surface area contributed by atoms with Crippen molar-refractivity contribution >= 4 is 17.5 Å². The first-order valence-corrected chi connectivity index (χ1v) is 12.4. The van der Waals surface area contributed by atoms with Gasteiger partial charge in [0, 0.05) is 41.5 Å². The standard InChI is InChI=1S/C27H27FN10O/c1-5-21(18-7-9-25(30-12-18)38-14-20(28)17(4)37-38)32-27(39)22-8-6-19(13-29-22)26-31-15(2)10-23(34-26)33-24-11-16(3)35-36-24/h6-14,21H,5H2,1-4H3,(H,32,39)(H2,31,33,34,35,36)/t21-/m1/s1. The SMILES string of the molecule is CC[C@@H](NC(=O)c1ccc(-c2nc(C)cc(Nc3cc(C)[nH]n3)n2)cn1)c1ccc(-n2cc(F)c(C)n2)nc1. The van der Waals surface area contributed by atoms with Crippen LogP contribution in [-0.4, -0.2) is 45.8 Å². The third-order valence-electron chi connectivity index (χ3n) is 6.03. The lowest BCUT2D eigenvalue weighted by Crippen LogP contribution is -2.29. The lowest BCUT2D eigenvalue weighted by atomic mass is 10.1. The number of nitrogens with zero attached hydrogens (tertiary/aromatic N) is 7. The van der Waals surface area contributed by atoms with E-state index in [2.05, 4.69) is 45.9 Å². The number of hydrogen-bond acceptors (Lipinski definition) is 8. The molecule has 5 aromatic heterocycles. The Morgan fingerprint density at radius 2 is 1.90 bits per heavy atom. The van der Waals surface area contributed by atoms with E-state index in [0.717, 1.165) is 17.0 Å². The fourth-order valence-electron chi connectivity index (χ4n) is 3.98. The summed E-state index contributed by atoms with van der Waals surface area (Å²) in [6.07, 6.45) is 5.16. The zero-order valence-electron chi connectivity index (χ0n) is 21.9. The summed E-state index contributed by atoms with van der Waals surface area (Å²) in [5.74, 6) is 1.51. The minimum atomic E-state index is -0.395. The zero-order valence-corrected chi connectivity index (χ0v) is 21.9. The monoisotopic (exact) mass is 526 g/mol. The van der Waals surface area contributed by atoms with E-state index < -0.39 is 5.82 Å². The highest BCUT2D eigenvalue weighted by atomic mass is 19.1. The molecule has 0 aliphatic carbocycles. The largest absolute Gasteiger partial charge is 0.344 e. The van der Waals surface area contributed by atoms with Crippen LogP contribution in [0.1, 0.15) is 52.5 Å². The first-order valence-electron chi connectivity index (χ1n) is 12.4. The second-order valence-corrected chi connectivity index (χ2v) is 9.10. The summed E-state index contributed by atoms with van der Waals surface area (Å²) in [6.45, 7) is 7.35. The van der Waals surface area contributed by atoms with Gasteiger partial charge in [-0.25, -0.2) is 24.0 Å². The lowest BCUT2D eigenvalue weighted by Gasteiger charge is -2.17. The fraction of sp³-hybridized carbons (Fsp3) is 0.222. The zero-order chi connectivity index (χ0) is 27.5. The van der Waals surface area contributed by atoms with Crippen LogP contribution in [0.25, 0.3) is 17.2 Å². The molecule has 1 atom stereocenters. The number of aromatic nitrogens is 8. The highest BCUT2D eigenvalue weighted by Gasteiger charge is 2.17. The Bertz CT molecular complexity index is 1590. The van der Waals surface area contributed by atoms with Crippen LogP contribution in [0.3, 0.4) is 0 Å². The number of nitrogens with one attached hydrogen (secondary N) is 3. The van der Waals surface area contributed by atoms with Gasteiger partial charge in [-0.2, -0.15) is 10.2 Å². The number of carbonyl (C=O) groups excluding carboxylic acids is 1. The molecule has 0 bridgehead atoms. The van der Waals surface area contributed by atoms with Crippen LogP contribution in [-0.2, 0) is 0 Å². The van der Waals surface area contributed by atoms with Crippen molar-refractivity contribution in [2.75, 3.05) is 5.32 Å². The Kier molecular flexibility index (Phi) is 7.08. The summed E-state index contributed by atoms with van der Waals surface area (Å²) in [5.41, 5.74) is 3.76. The van der Waals surface area contributed by atoms with E-state index in [1.54, 1.807) is 37.5 Å². The Hall–Kier alpha value is -5.00. The van der Waals surface area contributed by atoms with E-state index in [0.29, 0.717) is 41.0 Å². The molecular formula is C27H27FN10O. The molecule has 0 spiro atoms. The smallest absolute Gasteiger partial charge is 0.270 e. The summed E-state index contributed by atoms with van der Waals surface area (Å²) in [7, 11) is 0. The summed E-state index contributed by atoms with van der Waals surface area (Å²) in [6, 6.07) is 10.4. The van der Waals surface area contributed by atoms with Gasteiger partial charge in [0.25, 0.3) is 5.91 Å². The summed E-state index contributed by atoms with van der Waals surface area (Å²) in [5, 5.41) is 17.3. The van der Waals surface area contributed by atoms with Crippen molar-refractivity contribution in [3.63, 3.8) is 0 Å². The fourth-order valence-corrected chi connectivity index (χ4v) is 3.98. The van der Waals surface area contributed by atoms with Gasteiger partial charge in [-0.1, -0.05) is 13.0 Å². The number of halogens is 1. The molecule has 0 aliphatic heterocycles. The maximum absolute atomic E-state index is 13.7. The van der Waals surface area contributed by atoms with Crippen molar-refractivity contribution in [2.24, 2.45) is 0 Å². The van der Waals surface area contributed by atoms with Gasteiger partial charge in [0.2, 0.25) is 0 Å². The van der Waals surface area contributed by atoms with E-state index in [1.807, 2.05) is 39.0 Å². The van der Waals surface area contributed by atoms with E-state index >= 15 is 0 Å². The predicted octanol–water partition coefficient (Wildman–Crippen LogP) is 4.53. The molecule has 5 aromatic rings. The Balaban J connectivity index is 1.28. The van der Waals surface area contributed by atoms with Crippen LogP contribution in [0.2, 0.25) is 0 Å². The lowest BCUT2D eigenvalue weighted by molar-refractivity contribution is 0.0930. The average Bonchev–Trinajstić information content (AvgIpc) is 3.50. The number of H-pyrrole nitrogens is 1. The maximum Gasteiger partial charge on any atom is 0.270 e. The molecule has 1 amide bonds. The van der Waals surface area contributed by atoms with Gasteiger partial charge < -0.3 is 10.6 Å². The van der Waals surface area contributed by atoms with E-state index in [9.17, 15) is 9.18 Å². The number of carbonyl (C=O) groups is 1. The van der Waals surface area contributed by atoms with Gasteiger partial charge in [0.15, 0.2) is 23.3 Å². The van der Waals surface area contributed by atoms with Gasteiger partial charge >= 0.3 is 0 Å². The van der Waals surface area contributed by atoms with Crippen molar-refractivity contribution in [3.05, 3.63) is 89.1 Å². The van der Waals surface area contributed by atoms with Crippen molar-refractivity contribution in [3.8, 4) is 17.2 Å². The highest BCUT2D eigenvalue weighted by molar-refractivity contribution is 5.92. The highest BCUT2D eigenvalue weighted by Crippen LogP contribution is 2.21. The first kappa shape index (κ1) is 25.6. The van der Waals surface area contributed by atoms with Crippen LogP contribution in [0.5, 0.6) is 0 Å². The van der Waals surface area contributed by atoms with Crippen LogP contribution in [0.4, 0.5) is 16.0 Å². The molecule has 0 unspecified atom stereocenters. The molecule has 3 N–H and O–H groups in total. The van der Waals surface area contributed by atoms with Crippen molar-refractivity contribution in [2.45, 2.75) is 40.2 Å². The molecule has 12 heteroatoms. The summed E-state index contributed by atoms with van der Waals surface area (Å²) < 4.78 is 15.0. The average molecular weight is 527 g/mol. The number of aryl methyl sites for hydroxylation is 3. The number of amides is 1. The number of aromatic amines is 1. The molecule has 0 radical (unpaired) electrons. The number of hydrogen-bond donors (Lipinski definition) is 3. The van der Waals surface area contributed by atoms with Crippen molar-refractivity contribution < 1.29 is 9.18 Å². The molecule has 11 nitrogen and oxygen atoms in total. The molecule has 5 rings (SSSR count). The van der Waals surface area contributed by atoms with E-state index in [-0.39, 0.29) is 17.6 Å². The Morgan fingerprint density at radius 3 is 2.51 bits per heavy atom. The molecule has 0 saturated carbocycles. The van der Waals surface area contributed by atoms with Gasteiger partial charge in [0.05, 0.1) is 17.9 Å². The quantitative estimate of drug-likeness (QED) is 0.268. The van der Waals surface area contributed by atoms with E-state index in [1.165, 1.54) is 10.9 Å². The maximum atomic E-state index is 13.7. The van der Waals surface area contributed by atoms with Gasteiger partial charge in [-0.05, 0) is 51.0 Å². The Labute approximate surface area is 224 Å². The van der Waals surface area contributed by atoms with Gasteiger partial charge in [-0.3, -0.25) is 14.9 Å². The van der Waals surface area contributed by atoms with Crippen LogP contribution in [0.15, 0.2) is 55.0 Å². The third-order valence-corrected chi connectivity index (χ3v) is 6.03. The van der Waals surface area contributed by atoms with Crippen LogP contribution >= 0.6 is 0 Å². The second-order valence-electron chi connectivity index (χ2n) is 9.10. The normalized spacial score (nSPS) is 11.8. The summed E-state index contributed by atoms with van der Waals surface area (Å²) in [4.78, 5) is 30.8. The molecule has 0 aromatic carbocycles. The number of anilines is 2. The molecule has 0 saturated heterocycles. The Morgan fingerprint density at radius 1 is 1.05 bits per heavy atom. The number of rotatable bonds is 8. The molecule has 39 heavy (non-hydrogen) atoms. The van der Waals surface area contributed by atoms with Gasteiger partial charge in [0.1, 0.15) is 11.5 Å².